The molecular formula is C20H19N2O2S+. The van der Waals surface area contributed by atoms with Crippen LogP contribution in [-0.4, -0.2) is 14.5 Å². The molecule has 1 aromatic heterocycles. The highest BCUT2D eigenvalue weighted by Crippen LogP contribution is 2.43. The maximum Gasteiger partial charge on any atom is 0.306 e. The van der Waals surface area contributed by atoms with Gasteiger partial charge in [-0.3, -0.25) is 0 Å². The Balaban J connectivity index is 2.11. The summed E-state index contributed by atoms with van der Waals surface area (Å²) in [6.45, 7) is 4.14. The van der Waals surface area contributed by atoms with Crippen molar-refractivity contribution in [2.75, 3.05) is 4.90 Å². The molecule has 25 heavy (non-hydrogen) atoms. The standard InChI is InChI=1S/C20H19N2O2S/c1-15(2)22-17-11-6-7-12-18(17)25(23,24)19-13-8-14-21(20(19)22)16-9-4-3-5-10-16/h3-15H,1-2H3/q+1. The van der Waals surface area contributed by atoms with E-state index in [1.54, 1.807) is 24.3 Å². The van der Waals surface area contributed by atoms with Crippen LogP contribution in [0.5, 0.6) is 0 Å². The predicted molar refractivity (Wildman–Crippen MR) is 97.1 cm³/mol. The number of hydrogen-bond donors (Lipinski definition) is 0. The van der Waals surface area contributed by atoms with E-state index in [1.807, 2.05) is 53.2 Å². The van der Waals surface area contributed by atoms with Crippen molar-refractivity contribution in [3.05, 3.63) is 72.9 Å². The number of nitrogens with zero attached hydrogens (tertiary/aromatic N) is 2. The number of aromatic nitrogens is 1. The molecule has 1 aliphatic rings. The van der Waals surface area contributed by atoms with Crippen molar-refractivity contribution < 1.29 is 13.0 Å². The Morgan fingerprint density at radius 1 is 0.840 bits per heavy atom. The van der Waals surface area contributed by atoms with Gasteiger partial charge in [-0.15, -0.1) is 0 Å². The van der Waals surface area contributed by atoms with Crippen molar-refractivity contribution in [1.82, 2.24) is 0 Å². The van der Waals surface area contributed by atoms with Gasteiger partial charge in [-0.2, -0.15) is 4.57 Å². The van der Waals surface area contributed by atoms with Gasteiger partial charge in [-0.25, -0.2) is 13.3 Å². The number of anilines is 2. The highest BCUT2D eigenvalue weighted by molar-refractivity contribution is 7.92. The lowest BCUT2D eigenvalue weighted by atomic mass is 10.2. The van der Waals surface area contributed by atoms with Crippen LogP contribution in [-0.2, 0) is 9.84 Å². The van der Waals surface area contributed by atoms with Crippen LogP contribution in [0.4, 0.5) is 11.5 Å². The second-order valence-corrected chi connectivity index (χ2v) is 8.22. The van der Waals surface area contributed by atoms with Gasteiger partial charge in [0.25, 0.3) is 0 Å². The molecular weight excluding hydrogens is 332 g/mol. The lowest BCUT2D eigenvalue weighted by Crippen LogP contribution is -2.44. The Morgan fingerprint density at radius 2 is 1.48 bits per heavy atom. The molecule has 0 fully saturated rings. The monoisotopic (exact) mass is 351 g/mol. The van der Waals surface area contributed by atoms with Crippen molar-refractivity contribution in [1.29, 1.82) is 0 Å². The summed E-state index contributed by atoms with van der Waals surface area (Å²) < 4.78 is 28.4. The lowest BCUT2D eigenvalue weighted by molar-refractivity contribution is -0.584. The number of para-hydroxylation sites is 2. The Labute approximate surface area is 147 Å². The first-order valence-electron chi connectivity index (χ1n) is 8.25. The Morgan fingerprint density at radius 3 is 2.20 bits per heavy atom. The third kappa shape index (κ3) is 2.35. The summed E-state index contributed by atoms with van der Waals surface area (Å²) in [5.41, 5.74) is 1.65. The maximum absolute atomic E-state index is 13.2. The van der Waals surface area contributed by atoms with Gasteiger partial charge in [-0.05, 0) is 50.2 Å². The van der Waals surface area contributed by atoms with Crippen LogP contribution in [0.2, 0.25) is 0 Å². The molecule has 0 saturated heterocycles. The minimum atomic E-state index is -3.56. The summed E-state index contributed by atoms with van der Waals surface area (Å²) in [6.07, 6.45) is 1.91. The van der Waals surface area contributed by atoms with Gasteiger partial charge in [0.05, 0.1) is 12.2 Å². The predicted octanol–water partition coefficient (Wildman–Crippen LogP) is 3.66. The van der Waals surface area contributed by atoms with Crippen molar-refractivity contribution >= 4 is 21.3 Å². The van der Waals surface area contributed by atoms with E-state index >= 15 is 0 Å². The molecule has 5 heteroatoms. The van der Waals surface area contributed by atoms with Crippen molar-refractivity contribution in [2.24, 2.45) is 0 Å². The second-order valence-electron chi connectivity index (χ2n) is 6.34. The molecule has 0 unspecified atom stereocenters. The summed E-state index contributed by atoms with van der Waals surface area (Å²) in [7, 11) is -3.56. The molecule has 0 bridgehead atoms. The first-order valence-corrected chi connectivity index (χ1v) is 9.73. The second kappa shape index (κ2) is 5.70. The van der Waals surface area contributed by atoms with E-state index in [9.17, 15) is 8.42 Å². The van der Waals surface area contributed by atoms with Crippen LogP contribution < -0.4 is 9.47 Å². The molecule has 0 aliphatic carbocycles. The minimum absolute atomic E-state index is 0.104. The molecule has 1 aliphatic heterocycles. The molecule has 0 radical (unpaired) electrons. The molecule has 0 atom stereocenters. The number of hydrogen-bond acceptors (Lipinski definition) is 3. The average molecular weight is 351 g/mol. The van der Waals surface area contributed by atoms with Crippen LogP contribution in [0.25, 0.3) is 5.69 Å². The molecule has 0 N–H and O–H groups in total. The van der Waals surface area contributed by atoms with Gasteiger partial charge in [-0.1, -0.05) is 30.3 Å². The van der Waals surface area contributed by atoms with Crippen molar-refractivity contribution in [2.45, 2.75) is 29.7 Å². The lowest BCUT2D eigenvalue weighted by Gasteiger charge is -2.29. The summed E-state index contributed by atoms with van der Waals surface area (Å²) >= 11 is 0. The molecule has 3 aromatic rings. The van der Waals surface area contributed by atoms with E-state index in [2.05, 4.69) is 18.7 Å². The van der Waals surface area contributed by atoms with E-state index in [4.69, 9.17) is 0 Å². The summed E-state index contributed by atoms with van der Waals surface area (Å²) in [4.78, 5) is 2.80. The maximum atomic E-state index is 13.2. The zero-order valence-corrected chi connectivity index (χ0v) is 14.9. The molecule has 2 heterocycles. The normalized spacial score (nSPS) is 14.9. The van der Waals surface area contributed by atoms with E-state index in [0.717, 1.165) is 11.4 Å². The fourth-order valence-corrected chi connectivity index (χ4v) is 4.99. The van der Waals surface area contributed by atoms with Gasteiger partial charge in [0, 0.05) is 0 Å². The number of pyridine rings is 1. The molecule has 126 valence electrons. The third-order valence-electron chi connectivity index (χ3n) is 4.41. The SMILES string of the molecule is CC(C)N1c2ccccc2S(=O)(=O)c2ccc[n+](-c3ccccc3)c21. The van der Waals surface area contributed by atoms with Crippen molar-refractivity contribution in [3.63, 3.8) is 0 Å². The Bertz CT molecular complexity index is 1040. The third-order valence-corrected chi connectivity index (χ3v) is 6.24. The summed E-state index contributed by atoms with van der Waals surface area (Å²) in [5, 5.41) is 0. The molecule has 0 spiro atoms. The van der Waals surface area contributed by atoms with Crippen LogP contribution >= 0.6 is 0 Å². The summed E-state index contributed by atoms with van der Waals surface area (Å²) in [5.74, 6) is 0.683. The molecule has 2 aromatic carbocycles. The quantitative estimate of drug-likeness (QED) is 0.662. The van der Waals surface area contributed by atoms with E-state index in [1.165, 1.54) is 0 Å². The Hall–Kier alpha value is -2.66. The number of sulfone groups is 1. The van der Waals surface area contributed by atoms with Gasteiger partial charge >= 0.3 is 5.82 Å². The zero-order chi connectivity index (χ0) is 17.6. The van der Waals surface area contributed by atoms with Crippen LogP contribution in [0.15, 0.2) is 82.7 Å². The van der Waals surface area contributed by atoms with E-state index in [-0.39, 0.29) is 6.04 Å². The van der Waals surface area contributed by atoms with Gasteiger partial charge in [0.1, 0.15) is 16.3 Å². The fraction of sp³-hybridized carbons (Fsp3) is 0.150. The van der Waals surface area contributed by atoms with E-state index in [0.29, 0.717) is 15.6 Å². The van der Waals surface area contributed by atoms with Crippen LogP contribution in [0.1, 0.15) is 13.8 Å². The molecule has 0 amide bonds. The number of fused-ring (bicyclic) bond motifs is 2. The molecule has 4 nitrogen and oxygen atoms in total. The van der Waals surface area contributed by atoms with Crippen LogP contribution in [0, 0.1) is 0 Å². The first-order chi connectivity index (χ1) is 12.0. The molecule has 0 saturated carbocycles. The minimum Gasteiger partial charge on any atom is -0.222 e. The zero-order valence-electron chi connectivity index (χ0n) is 14.1. The van der Waals surface area contributed by atoms with Gasteiger partial charge in [0.2, 0.25) is 9.84 Å². The van der Waals surface area contributed by atoms with Gasteiger partial charge in [0.15, 0.2) is 4.90 Å². The highest BCUT2D eigenvalue weighted by Gasteiger charge is 2.43. The molecule has 4 rings (SSSR count). The van der Waals surface area contributed by atoms with Gasteiger partial charge < -0.3 is 0 Å². The average Bonchev–Trinajstić information content (AvgIpc) is 2.62. The highest BCUT2D eigenvalue weighted by atomic mass is 32.2. The number of benzene rings is 2. The number of rotatable bonds is 2. The summed E-state index contributed by atoms with van der Waals surface area (Å²) in [6, 6.07) is 20.6. The van der Waals surface area contributed by atoms with Crippen molar-refractivity contribution in [3.8, 4) is 5.69 Å². The topological polar surface area (TPSA) is 41.3 Å². The van der Waals surface area contributed by atoms with Crippen LogP contribution in [0.3, 0.4) is 0 Å². The largest absolute Gasteiger partial charge is 0.306 e. The Kier molecular flexibility index (Phi) is 3.62. The van der Waals surface area contributed by atoms with E-state index < -0.39 is 9.84 Å². The smallest absolute Gasteiger partial charge is 0.222 e. The fourth-order valence-electron chi connectivity index (χ4n) is 3.36. The first kappa shape index (κ1) is 15.8.